The van der Waals surface area contributed by atoms with Crippen molar-refractivity contribution in [3.05, 3.63) is 59.8 Å². The number of fused-ring (bicyclic) bond motifs is 1. The third kappa shape index (κ3) is 4.06. The fourth-order valence-corrected chi connectivity index (χ4v) is 3.77. The highest BCUT2D eigenvalue weighted by molar-refractivity contribution is 6.08. The molecule has 7 nitrogen and oxygen atoms in total. The summed E-state index contributed by atoms with van der Waals surface area (Å²) in [6.45, 7) is -0.0411. The van der Waals surface area contributed by atoms with Crippen LogP contribution < -0.4 is 10.2 Å². The zero-order chi connectivity index (χ0) is 24.0. The number of H-pyrrole nitrogens is 1. The first-order valence-corrected chi connectivity index (χ1v) is 10.2. The van der Waals surface area contributed by atoms with Crippen LogP contribution in [0, 0.1) is 17.5 Å². The third-order valence-electron chi connectivity index (χ3n) is 5.61. The Hall–Kier alpha value is -3.96. The highest BCUT2D eigenvalue weighted by Crippen LogP contribution is 2.32. The van der Waals surface area contributed by atoms with Crippen molar-refractivity contribution in [1.82, 2.24) is 15.1 Å². The lowest BCUT2D eigenvalue weighted by molar-refractivity contribution is -0.0222. The number of amides is 1. The minimum Gasteiger partial charge on any atom is -0.359 e. The number of halogens is 5. The van der Waals surface area contributed by atoms with Gasteiger partial charge in [-0.15, -0.1) is 0 Å². The Morgan fingerprint density at radius 1 is 1.06 bits per heavy atom. The number of carbonyl (C=O) groups excluding carboxylic acids is 1. The number of anilines is 2. The molecule has 4 aromatic rings. The number of benzene rings is 1. The van der Waals surface area contributed by atoms with Crippen LogP contribution in [0.3, 0.4) is 0 Å². The van der Waals surface area contributed by atoms with Gasteiger partial charge in [-0.3, -0.25) is 4.79 Å². The van der Waals surface area contributed by atoms with E-state index in [4.69, 9.17) is 4.52 Å². The van der Waals surface area contributed by atoms with Crippen LogP contribution in [0.2, 0.25) is 0 Å². The number of alkyl halides is 2. The second-order valence-electron chi connectivity index (χ2n) is 7.92. The van der Waals surface area contributed by atoms with Gasteiger partial charge in [-0.25, -0.2) is 26.9 Å². The number of hydrogen-bond donors (Lipinski definition) is 2. The predicted molar refractivity (Wildman–Crippen MR) is 112 cm³/mol. The number of carbonyl (C=O) groups is 1. The molecule has 0 bridgehead atoms. The zero-order valence-corrected chi connectivity index (χ0v) is 17.3. The Labute approximate surface area is 188 Å². The second-order valence-corrected chi connectivity index (χ2v) is 7.92. The average molecular weight is 477 g/mol. The van der Waals surface area contributed by atoms with Crippen LogP contribution in [0.1, 0.15) is 23.3 Å². The molecule has 34 heavy (non-hydrogen) atoms. The average Bonchev–Trinajstić information content (AvgIpc) is 3.43. The molecule has 3 aromatic heterocycles. The molecule has 176 valence electrons. The number of aromatic nitrogens is 3. The molecule has 5 rings (SSSR count). The number of aromatic amines is 1. The monoisotopic (exact) mass is 477 g/mol. The van der Waals surface area contributed by atoms with Gasteiger partial charge in [-0.05, 0) is 12.1 Å². The van der Waals surface area contributed by atoms with Gasteiger partial charge in [0.1, 0.15) is 0 Å². The van der Waals surface area contributed by atoms with E-state index in [2.05, 4.69) is 20.4 Å². The summed E-state index contributed by atoms with van der Waals surface area (Å²) in [6, 6.07) is 4.30. The maximum Gasteiger partial charge on any atom is 0.277 e. The summed E-state index contributed by atoms with van der Waals surface area (Å²) >= 11 is 0. The van der Waals surface area contributed by atoms with E-state index in [1.54, 1.807) is 0 Å². The van der Waals surface area contributed by atoms with Crippen molar-refractivity contribution < 1.29 is 31.3 Å². The molecule has 1 fully saturated rings. The quantitative estimate of drug-likeness (QED) is 0.399. The smallest absolute Gasteiger partial charge is 0.277 e. The van der Waals surface area contributed by atoms with Crippen LogP contribution >= 0.6 is 0 Å². The molecular formula is C22H16F5N5O2. The highest BCUT2D eigenvalue weighted by atomic mass is 19.3. The Bertz CT molecular complexity index is 1390. The van der Waals surface area contributed by atoms with Crippen molar-refractivity contribution in [2.45, 2.75) is 18.8 Å². The van der Waals surface area contributed by atoms with E-state index >= 15 is 0 Å². The van der Waals surface area contributed by atoms with Crippen LogP contribution in [0.5, 0.6) is 0 Å². The molecule has 1 saturated heterocycles. The molecule has 1 aliphatic rings. The van der Waals surface area contributed by atoms with Gasteiger partial charge in [0.2, 0.25) is 0 Å². The van der Waals surface area contributed by atoms with Gasteiger partial charge in [0.05, 0.1) is 11.2 Å². The maximum atomic E-state index is 14.6. The van der Waals surface area contributed by atoms with E-state index < -0.39 is 29.3 Å². The van der Waals surface area contributed by atoms with Crippen molar-refractivity contribution in [3.63, 3.8) is 0 Å². The number of rotatable bonds is 4. The van der Waals surface area contributed by atoms with Gasteiger partial charge >= 0.3 is 0 Å². The van der Waals surface area contributed by atoms with Crippen LogP contribution in [-0.4, -0.2) is 40.0 Å². The van der Waals surface area contributed by atoms with Crippen LogP contribution in [0.15, 0.2) is 41.2 Å². The van der Waals surface area contributed by atoms with Gasteiger partial charge in [-0.1, -0.05) is 5.16 Å². The van der Waals surface area contributed by atoms with E-state index in [-0.39, 0.29) is 65.4 Å². The number of nitrogens with one attached hydrogen (secondary N) is 2. The molecule has 1 aromatic carbocycles. The first kappa shape index (κ1) is 21.9. The standard InChI is InChI=1S/C22H16F5N5O2/c23-13-6-12-16(7-14(13)24)28-10-18(12)30-21(33)17-8-19(34-31-17)11-5-15(25)20(29-9-11)32-3-1-22(26,27)2-4-32/h5-10,28H,1-4H2,(H,30,33). The molecule has 0 atom stereocenters. The largest absolute Gasteiger partial charge is 0.359 e. The summed E-state index contributed by atoms with van der Waals surface area (Å²) < 4.78 is 73.4. The lowest BCUT2D eigenvalue weighted by atomic mass is 10.1. The van der Waals surface area contributed by atoms with Gasteiger partial charge in [0.25, 0.3) is 11.8 Å². The maximum absolute atomic E-state index is 14.6. The van der Waals surface area contributed by atoms with Crippen LogP contribution in [0.4, 0.5) is 33.5 Å². The van der Waals surface area contributed by atoms with Crippen LogP contribution in [-0.2, 0) is 0 Å². The summed E-state index contributed by atoms with van der Waals surface area (Å²) in [5.41, 5.74) is 0.538. The molecule has 0 unspecified atom stereocenters. The number of pyridine rings is 1. The third-order valence-corrected chi connectivity index (χ3v) is 5.61. The number of hydrogen-bond acceptors (Lipinski definition) is 5. The molecular weight excluding hydrogens is 461 g/mol. The molecule has 1 aliphatic heterocycles. The Morgan fingerprint density at radius 2 is 1.79 bits per heavy atom. The molecule has 0 spiro atoms. The van der Waals surface area contributed by atoms with Crippen molar-refractivity contribution in [3.8, 4) is 11.3 Å². The van der Waals surface area contributed by atoms with E-state index in [1.807, 2.05) is 0 Å². The predicted octanol–water partition coefficient (Wildman–Crippen LogP) is 5.12. The topological polar surface area (TPSA) is 87.0 Å². The molecule has 0 radical (unpaired) electrons. The van der Waals surface area contributed by atoms with E-state index in [0.717, 1.165) is 18.2 Å². The normalized spacial score (nSPS) is 15.6. The van der Waals surface area contributed by atoms with Crippen molar-refractivity contribution in [1.29, 1.82) is 0 Å². The minimum atomic E-state index is -2.76. The molecule has 12 heteroatoms. The lowest BCUT2D eigenvalue weighted by Crippen LogP contribution is -2.40. The van der Waals surface area contributed by atoms with Gasteiger partial charge in [-0.2, -0.15) is 0 Å². The van der Waals surface area contributed by atoms with Gasteiger partial charge < -0.3 is 19.7 Å². The first-order chi connectivity index (χ1) is 16.2. The summed E-state index contributed by atoms with van der Waals surface area (Å²) in [6.07, 6.45) is 1.91. The molecule has 1 amide bonds. The van der Waals surface area contributed by atoms with Gasteiger partial charge in [0.15, 0.2) is 34.7 Å². The number of piperidine rings is 1. The van der Waals surface area contributed by atoms with Crippen molar-refractivity contribution in [2.75, 3.05) is 23.3 Å². The Balaban J connectivity index is 1.32. The van der Waals surface area contributed by atoms with E-state index in [1.165, 1.54) is 23.4 Å². The second kappa shape index (κ2) is 8.12. The summed E-state index contributed by atoms with van der Waals surface area (Å²) in [7, 11) is 0. The van der Waals surface area contributed by atoms with E-state index in [9.17, 15) is 26.7 Å². The fourth-order valence-electron chi connectivity index (χ4n) is 3.77. The van der Waals surface area contributed by atoms with Gasteiger partial charge in [0, 0.05) is 61.4 Å². The lowest BCUT2D eigenvalue weighted by Gasteiger charge is -2.32. The minimum absolute atomic E-state index is 0.0206. The first-order valence-electron chi connectivity index (χ1n) is 10.2. The molecule has 0 aliphatic carbocycles. The summed E-state index contributed by atoms with van der Waals surface area (Å²) in [5, 5.41) is 6.45. The van der Waals surface area contributed by atoms with E-state index in [0.29, 0.717) is 0 Å². The molecule has 2 N–H and O–H groups in total. The SMILES string of the molecule is O=C(Nc1c[nH]c2cc(F)c(F)cc12)c1cc(-c2cnc(N3CCC(F)(F)CC3)c(F)c2)on1. The fraction of sp³-hybridized carbons (Fsp3) is 0.227. The molecule has 4 heterocycles. The highest BCUT2D eigenvalue weighted by Gasteiger charge is 2.35. The summed E-state index contributed by atoms with van der Waals surface area (Å²) in [4.78, 5) is 20.8. The van der Waals surface area contributed by atoms with Crippen molar-refractivity contribution in [2.24, 2.45) is 0 Å². The molecule has 0 saturated carbocycles. The Morgan fingerprint density at radius 3 is 2.53 bits per heavy atom. The Kier molecular flexibility index (Phi) is 5.22. The van der Waals surface area contributed by atoms with Crippen LogP contribution in [0.25, 0.3) is 22.2 Å². The number of nitrogens with zero attached hydrogens (tertiary/aromatic N) is 3. The zero-order valence-electron chi connectivity index (χ0n) is 17.3. The summed E-state index contributed by atoms with van der Waals surface area (Å²) in [5.74, 6) is -6.26. The van der Waals surface area contributed by atoms with Crippen molar-refractivity contribution >= 4 is 28.3 Å².